The third-order valence-electron chi connectivity index (χ3n) is 6.56. The highest BCUT2D eigenvalue weighted by atomic mass is 35.5. The summed E-state index contributed by atoms with van der Waals surface area (Å²) in [5.41, 5.74) is 2.97. The van der Waals surface area contributed by atoms with Gasteiger partial charge in [0, 0.05) is 18.7 Å². The van der Waals surface area contributed by atoms with Gasteiger partial charge in [0.2, 0.25) is 0 Å². The maximum Gasteiger partial charge on any atom is 0.261 e. The Morgan fingerprint density at radius 1 is 0.973 bits per heavy atom. The molecular weight excluding hydrogens is 484 g/mol. The largest absolute Gasteiger partial charge is 0.327 e. The van der Waals surface area contributed by atoms with Gasteiger partial charge in [-0.1, -0.05) is 72.6 Å². The summed E-state index contributed by atoms with van der Waals surface area (Å²) in [6, 6.07) is 22.3. The molecule has 0 fully saturated rings. The van der Waals surface area contributed by atoms with Crippen molar-refractivity contribution in [2.24, 2.45) is 0 Å². The van der Waals surface area contributed by atoms with E-state index < -0.39 is 6.04 Å². The highest BCUT2D eigenvalue weighted by molar-refractivity contribution is 6.34. The Bertz CT molecular complexity index is 1430. The van der Waals surface area contributed by atoms with Crippen LogP contribution in [0.25, 0.3) is 10.9 Å². The summed E-state index contributed by atoms with van der Waals surface area (Å²) in [6.07, 6.45) is 0.586. The summed E-state index contributed by atoms with van der Waals surface area (Å²) in [5, 5.41) is 0.883. The average molecular weight is 517 g/mol. The van der Waals surface area contributed by atoms with Crippen molar-refractivity contribution in [1.82, 2.24) is 19.4 Å². The van der Waals surface area contributed by atoms with E-state index in [4.69, 9.17) is 16.6 Å². The van der Waals surface area contributed by atoms with Gasteiger partial charge in [-0.15, -0.1) is 0 Å². The lowest BCUT2D eigenvalue weighted by atomic mass is 10.1. The molecule has 7 heteroatoms. The van der Waals surface area contributed by atoms with Crippen LogP contribution in [0.3, 0.4) is 0 Å². The normalized spacial score (nSPS) is 12.2. The SMILES string of the molecule is CCC(c1nc2c(Cl)cccc2c(=O)n1Cc1ccccc1)N(CCN(C)C)C(=O)c1ccc(C)cc1. The molecule has 0 aliphatic heterocycles. The van der Waals surface area contributed by atoms with Crippen LogP contribution in [0.4, 0.5) is 0 Å². The Morgan fingerprint density at radius 3 is 2.32 bits per heavy atom. The highest BCUT2D eigenvalue weighted by Crippen LogP contribution is 2.28. The van der Waals surface area contributed by atoms with Crippen molar-refractivity contribution in [3.63, 3.8) is 0 Å². The molecule has 1 amide bonds. The van der Waals surface area contributed by atoms with E-state index in [1.165, 1.54) is 0 Å². The summed E-state index contributed by atoms with van der Waals surface area (Å²) in [5.74, 6) is 0.449. The summed E-state index contributed by atoms with van der Waals surface area (Å²) in [4.78, 5) is 36.6. The molecule has 3 aromatic carbocycles. The Kier molecular flexibility index (Phi) is 8.41. The number of para-hydroxylation sites is 1. The van der Waals surface area contributed by atoms with Crippen LogP contribution in [0.1, 0.15) is 46.7 Å². The van der Waals surface area contributed by atoms with Crippen LogP contribution >= 0.6 is 11.6 Å². The first-order chi connectivity index (χ1) is 17.8. The van der Waals surface area contributed by atoms with Gasteiger partial charge in [-0.2, -0.15) is 0 Å². The van der Waals surface area contributed by atoms with E-state index in [2.05, 4.69) is 0 Å². The predicted octanol–water partition coefficient (Wildman–Crippen LogP) is 5.56. The Hall–Kier alpha value is -3.48. The molecule has 37 heavy (non-hydrogen) atoms. The Morgan fingerprint density at radius 2 is 1.68 bits per heavy atom. The molecule has 0 radical (unpaired) electrons. The van der Waals surface area contributed by atoms with Crippen molar-refractivity contribution in [2.75, 3.05) is 27.2 Å². The van der Waals surface area contributed by atoms with Crippen LogP contribution in [0.2, 0.25) is 5.02 Å². The molecule has 0 N–H and O–H groups in total. The molecular formula is C30H33ClN4O2. The van der Waals surface area contributed by atoms with E-state index in [0.717, 1.165) is 11.1 Å². The van der Waals surface area contributed by atoms with Crippen molar-refractivity contribution in [3.8, 4) is 0 Å². The fourth-order valence-corrected chi connectivity index (χ4v) is 4.73. The number of benzene rings is 3. The van der Waals surface area contributed by atoms with Gasteiger partial charge >= 0.3 is 0 Å². The van der Waals surface area contributed by atoms with Gasteiger partial charge in [-0.3, -0.25) is 14.2 Å². The number of aryl methyl sites for hydroxylation is 1. The maximum atomic E-state index is 13.9. The molecule has 192 valence electrons. The van der Waals surface area contributed by atoms with Crippen molar-refractivity contribution >= 4 is 28.4 Å². The minimum atomic E-state index is -0.425. The van der Waals surface area contributed by atoms with Crippen LogP contribution in [0.15, 0.2) is 77.6 Å². The van der Waals surface area contributed by atoms with Crippen LogP contribution in [0.5, 0.6) is 0 Å². The topological polar surface area (TPSA) is 58.4 Å². The summed E-state index contributed by atoms with van der Waals surface area (Å²) >= 11 is 6.52. The van der Waals surface area contributed by atoms with E-state index in [0.29, 0.717) is 53.4 Å². The van der Waals surface area contributed by atoms with E-state index >= 15 is 0 Å². The molecule has 1 unspecified atom stereocenters. The number of hydrogen-bond donors (Lipinski definition) is 0. The second kappa shape index (κ2) is 11.7. The highest BCUT2D eigenvalue weighted by Gasteiger charge is 2.29. The number of aromatic nitrogens is 2. The summed E-state index contributed by atoms with van der Waals surface area (Å²) < 4.78 is 1.70. The second-order valence-electron chi connectivity index (χ2n) is 9.57. The number of carbonyl (C=O) groups is 1. The number of likely N-dealkylation sites (N-methyl/N-ethyl adjacent to an activating group) is 1. The van der Waals surface area contributed by atoms with Crippen LogP contribution in [-0.2, 0) is 6.54 Å². The van der Waals surface area contributed by atoms with E-state index in [1.807, 2.05) is 92.3 Å². The zero-order valence-corrected chi connectivity index (χ0v) is 22.6. The number of carbonyl (C=O) groups excluding carboxylic acids is 1. The minimum absolute atomic E-state index is 0.0894. The minimum Gasteiger partial charge on any atom is -0.327 e. The maximum absolute atomic E-state index is 13.9. The van der Waals surface area contributed by atoms with Crippen molar-refractivity contribution < 1.29 is 4.79 Å². The average Bonchev–Trinajstić information content (AvgIpc) is 2.89. The number of amides is 1. The number of rotatable bonds is 9. The molecule has 4 aromatic rings. The lowest BCUT2D eigenvalue weighted by molar-refractivity contribution is 0.0642. The van der Waals surface area contributed by atoms with Gasteiger partial charge in [0.15, 0.2) is 0 Å². The van der Waals surface area contributed by atoms with E-state index in [1.54, 1.807) is 22.8 Å². The van der Waals surface area contributed by atoms with Gasteiger partial charge in [0.1, 0.15) is 5.82 Å². The third kappa shape index (κ3) is 5.92. The fraction of sp³-hybridized carbons (Fsp3) is 0.300. The van der Waals surface area contributed by atoms with Gasteiger partial charge in [-0.05, 0) is 57.3 Å². The first-order valence-electron chi connectivity index (χ1n) is 12.6. The first-order valence-corrected chi connectivity index (χ1v) is 12.9. The van der Waals surface area contributed by atoms with Crippen LogP contribution in [-0.4, -0.2) is 52.4 Å². The number of nitrogens with zero attached hydrogens (tertiary/aromatic N) is 4. The Balaban J connectivity index is 1.90. The molecule has 0 saturated carbocycles. The van der Waals surface area contributed by atoms with Gasteiger partial charge in [0.25, 0.3) is 11.5 Å². The second-order valence-corrected chi connectivity index (χ2v) is 9.98. The molecule has 1 heterocycles. The number of fused-ring (bicyclic) bond motifs is 1. The van der Waals surface area contributed by atoms with Crippen LogP contribution in [0, 0.1) is 6.92 Å². The molecule has 0 saturated heterocycles. The lowest BCUT2D eigenvalue weighted by Crippen LogP contribution is -2.42. The first kappa shape index (κ1) is 26.6. The summed E-state index contributed by atoms with van der Waals surface area (Å²) in [7, 11) is 3.96. The lowest BCUT2D eigenvalue weighted by Gasteiger charge is -2.33. The van der Waals surface area contributed by atoms with E-state index in [-0.39, 0.29) is 11.5 Å². The molecule has 0 bridgehead atoms. The molecule has 1 atom stereocenters. The van der Waals surface area contributed by atoms with Crippen molar-refractivity contribution in [3.05, 3.63) is 111 Å². The molecule has 0 aliphatic carbocycles. The number of hydrogen-bond acceptors (Lipinski definition) is 4. The van der Waals surface area contributed by atoms with Gasteiger partial charge < -0.3 is 9.80 Å². The molecule has 0 spiro atoms. The molecule has 1 aromatic heterocycles. The van der Waals surface area contributed by atoms with Gasteiger partial charge in [-0.25, -0.2) is 4.98 Å². The third-order valence-corrected chi connectivity index (χ3v) is 6.86. The summed E-state index contributed by atoms with van der Waals surface area (Å²) in [6.45, 7) is 5.52. The monoisotopic (exact) mass is 516 g/mol. The van der Waals surface area contributed by atoms with Gasteiger partial charge in [0.05, 0.1) is 28.5 Å². The van der Waals surface area contributed by atoms with Crippen molar-refractivity contribution in [1.29, 1.82) is 0 Å². The fourth-order valence-electron chi connectivity index (χ4n) is 4.51. The zero-order chi connectivity index (χ0) is 26.5. The number of halogens is 1. The van der Waals surface area contributed by atoms with Crippen LogP contribution < -0.4 is 5.56 Å². The zero-order valence-electron chi connectivity index (χ0n) is 21.8. The quantitative estimate of drug-likeness (QED) is 0.292. The van der Waals surface area contributed by atoms with Crippen molar-refractivity contribution in [2.45, 2.75) is 32.9 Å². The predicted molar refractivity (Wildman–Crippen MR) is 150 cm³/mol. The molecule has 6 nitrogen and oxygen atoms in total. The smallest absolute Gasteiger partial charge is 0.261 e. The standard InChI is InChI=1S/C30H33ClN4O2/c1-5-26(34(19-18-33(3)4)29(36)23-16-14-21(2)15-17-23)28-32-27-24(12-9-13-25(27)31)30(37)35(28)20-22-10-7-6-8-11-22/h6-17,26H,5,18-20H2,1-4H3. The van der Waals surface area contributed by atoms with E-state index in [9.17, 15) is 9.59 Å². The molecule has 4 rings (SSSR count). The molecule has 0 aliphatic rings. The Labute approximate surface area is 223 Å².